The van der Waals surface area contributed by atoms with Gasteiger partial charge in [-0.1, -0.05) is 43.3 Å². The number of benzene rings is 2. The Labute approximate surface area is 127 Å². The minimum atomic E-state index is -0.503. The van der Waals surface area contributed by atoms with Crippen molar-refractivity contribution in [2.75, 3.05) is 5.73 Å². The molecule has 0 bridgehead atoms. The zero-order valence-corrected chi connectivity index (χ0v) is 13.0. The number of Topliss-reactive ketones (excluding diaryl/α,β-unsaturated/α-hetero) is 1. The Morgan fingerprint density at radius 1 is 0.952 bits per heavy atom. The maximum absolute atomic E-state index is 12.6. The lowest BCUT2D eigenvalue weighted by Gasteiger charge is -2.24. The Hall–Kier alpha value is -2.09. The largest absolute Gasteiger partial charge is 0.399 e. The van der Waals surface area contributed by atoms with Crippen molar-refractivity contribution < 1.29 is 4.79 Å². The summed E-state index contributed by atoms with van der Waals surface area (Å²) in [6.07, 6.45) is 1.48. The van der Waals surface area contributed by atoms with E-state index in [0.717, 1.165) is 23.2 Å². The smallest absolute Gasteiger partial charge is 0.147 e. The van der Waals surface area contributed by atoms with Crippen molar-refractivity contribution >= 4 is 11.5 Å². The van der Waals surface area contributed by atoms with Crippen LogP contribution in [0.15, 0.2) is 48.5 Å². The van der Waals surface area contributed by atoms with Crippen LogP contribution < -0.4 is 5.73 Å². The highest BCUT2D eigenvalue weighted by Crippen LogP contribution is 2.26. The topological polar surface area (TPSA) is 43.1 Å². The summed E-state index contributed by atoms with van der Waals surface area (Å²) in [6.45, 7) is 6.08. The van der Waals surface area contributed by atoms with E-state index < -0.39 is 5.41 Å². The molecule has 0 saturated heterocycles. The minimum Gasteiger partial charge on any atom is -0.399 e. The number of hydrogen-bond acceptors (Lipinski definition) is 2. The Kier molecular flexibility index (Phi) is 4.46. The predicted octanol–water partition coefficient (Wildman–Crippen LogP) is 3.92. The molecule has 0 heterocycles. The summed E-state index contributed by atoms with van der Waals surface area (Å²) in [7, 11) is 0. The van der Waals surface area contributed by atoms with E-state index in [2.05, 4.69) is 31.2 Å². The maximum atomic E-state index is 12.6. The molecule has 2 aromatic carbocycles. The van der Waals surface area contributed by atoms with Crippen molar-refractivity contribution in [3.63, 3.8) is 0 Å². The highest BCUT2D eigenvalue weighted by molar-refractivity contribution is 5.91. The van der Waals surface area contributed by atoms with Crippen molar-refractivity contribution in [3.8, 4) is 0 Å². The van der Waals surface area contributed by atoms with E-state index in [-0.39, 0.29) is 5.78 Å². The molecule has 2 aromatic rings. The molecular formula is C19H23NO. The first kappa shape index (κ1) is 15.3. The first-order valence-corrected chi connectivity index (χ1v) is 7.40. The lowest BCUT2D eigenvalue weighted by atomic mass is 9.78. The van der Waals surface area contributed by atoms with Gasteiger partial charge in [-0.2, -0.15) is 0 Å². The summed E-state index contributed by atoms with van der Waals surface area (Å²) in [5, 5.41) is 0. The first-order chi connectivity index (χ1) is 9.93. The van der Waals surface area contributed by atoms with Crippen molar-refractivity contribution in [3.05, 3.63) is 65.2 Å². The van der Waals surface area contributed by atoms with Gasteiger partial charge in [0.05, 0.1) is 0 Å². The van der Waals surface area contributed by atoms with E-state index >= 15 is 0 Å². The molecule has 2 N–H and O–H groups in total. The second kappa shape index (κ2) is 6.13. The monoisotopic (exact) mass is 281 g/mol. The first-order valence-electron chi connectivity index (χ1n) is 7.40. The van der Waals surface area contributed by atoms with Crippen molar-refractivity contribution in [1.29, 1.82) is 0 Å². The zero-order chi connectivity index (χ0) is 15.5. The summed E-state index contributed by atoms with van der Waals surface area (Å²) in [4.78, 5) is 12.6. The highest BCUT2D eigenvalue weighted by Gasteiger charge is 2.29. The van der Waals surface area contributed by atoms with Gasteiger partial charge in [0.25, 0.3) is 0 Å². The van der Waals surface area contributed by atoms with E-state index in [1.165, 1.54) is 5.56 Å². The van der Waals surface area contributed by atoms with Gasteiger partial charge in [0.1, 0.15) is 5.78 Å². The molecule has 0 aliphatic rings. The molecule has 0 spiro atoms. The van der Waals surface area contributed by atoms with Gasteiger partial charge in [0, 0.05) is 17.5 Å². The minimum absolute atomic E-state index is 0.219. The molecule has 0 unspecified atom stereocenters. The molecule has 2 heteroatoms. The number of rotatable bonds is 5. The third kappa shape index (κ3) is 3.52. The standard InChI is InChI=1S/C19H23NO/c1-4-14-5-7-15(8-6-14)13-18(21)19(2,3)16-9-11-17(20)12-10-16/h5-12H,4,13,20H2,1-3H3. The SMILES string of the molecule is CCc1ccc(CC(=O)C(C)(C)c2ccc(N)cc2)cc1. The number of carbonyl (C=O) groups excluding carboxylic acids is 1. The summed E-state index contributed by atoms with van der Waals surface area (Å²) in [6, 6.07) is 15.9. The van der Waals surface area contributed by atoms with Gasteiger partial charge < -0.3 is 5.73 Å². The summed E-state index contributed by atoms with van der Waals surface area (Å²) in [5.74, 6) is 0.219. The van der Waals surface area contributed by atoms with Crippen molar-refractivity contribution in [1.82, 2.24) is 0 Å². The normalized spacial score (nSPS) is 11.4. The van der Waals surface area contributed by atoms with Crippen molar-refractivity contribution in [2.45, 2.75) is 39.0 Å². The van der Waals surface area contributed by atoms with Crippen molar-refractivity contribution in [2.24, 2.45) is 0 Å². The molecule has 110 valence electrons. The zero-order valence-electron chi connectivity index (χ0n) is 13.0. The summed E-state index contributed by atoms with van der Waals surface area (Å²) >= 11 is 0. The van der Waals surface area contributed by atoms with Crippen LogP contribution in [-0.2, 0) is 23.1 Å². The fourth-order valence-electron chi connectivity index (χ4n) is 2.36. The fraction of sp³-hybridized carbons (Fsp3) is 0.316. The van der Waals surface area contributed by atoms with Crippen LogP contribution in [0.1, 0.15) is 37.5 Å². The van der Waals surface area contributed by atoms with Gasteiger partial charge in [-0.05, 0) is 49.1 Å². The van der Waals surface area contributed by atoms with E-state index in [1.54, 1.807) is 0 Å². The number of aryl methyl sites for hydroxylation is 1. The number of nitrogens with two attached hydrogens (primary N) is 1. The van der Waals surface area contributed by atoms with Crippen LogP contribution in [0.3, 0.4) is 0 Å². The summed E-state index contributed by atoms with van der Waals surface area (Å²) in [5.41, 5.74) is 9.30. The van der Waals surface area contributed by atoms with E-state index in [9.17, 15) is 4.79 Å². The molecule has 2 nitrogen and oxygen atoms in total. The fourth-order valence-corrected chi connectivity index (χ4v) is 2.36. The third-order valence-electron chi connectivity index (χ3n) is 4.13. The van der Waals surface area contributed by atoms with Crippen LogP contribution in [0, 0.1) is 0 Å². The lowest BCUT2D eigenvalue weighted by Crippen LogP contribution is -2.30. The molecule has 0 atom stereocenters. The van der Waals surface area contributed by atoms with Gasteiger partial charge in [-0.15, -0.1) is 0 Å². The van der Waals surface area contributed by atoms with Crippen LogP contribution in [-0.4, -0.2) is 5.78 Å². The second-order valence-electron chi connectivity index (χ2n) is 6.02. The maximum Gasteiger partial charge on any atom is 0.147 e. The second-order valence-corrected chi connectivity index (χ2v) is 6.02. The molecule has 21 heavy (non-hydrogen) atoms. The number of hydrogen-bond donors (Lipinski definition) is 1. The average molecular weight is 281 g/mol. The van der Waals surface area contributed by atoms with Crippen LogP contribution in [0.25, 0.3) is 0 Å². The quantitative estimate of drug-likeness (QED) is 0.844. The average Bonchev–Trinajstić information content (AvgIpc) is 2.48. The van der Waals surface area contributed by atoms with E-state index in [1.807, 2.05) is 38.1 Å². The molecular weight excluding hydrogens is 258 g/mol. The molecule has 0 radical (unpaired) electrons. The predicted molar refractivity (Wildman–Crippen MR) is 88.4 cm³/mol. The molecule has 0 saturated carbocycles. The molecule has 0 aliphatic carbocycles. The van der Waals surface area contributed by atoms with Gasteiger partial charge in [-0.25, -0.2) is 0 Å². The number of carbonyl (C=O) groups is 1. The number of nitrogen functional groups attached to an aromatic ring is 1. The van der Waals surface area contributed by atoms with Gasteiger partial charge in [0.2, 0.25) is 0 Å². The van der Waals surface area contributed by atoms with Crippen LogP contribution in [0.5, 0.6) is 0 Å². The molecule has 0 aliphatic heterocycles. The molecule has 2 rings (SSSR count). The van der Waals surface area contributed by atoms with Crippen LogP contribution in [0.2, 0.25) is 0 Å². The molecule has 0 aromatic heterocycles. The van der Waals surface area contributed by atoms with Gasteiger partial charge in [0.15, 0.2) is 0 Å². The Morgan fingerprint density at radius 3 is 2.00 bits per heavy atom. The van der Waals surface area contributed by atoms with Crippen LogP contribution in [0.4, 0.5) is 5.69 Å². The Balaban J connectivity index is 2.15. The van der Waals surface area contributed by atoms with Gasteiger partial charge >= 0.3 is 0 Å². The van der Waals surface area contributed by atoms with Gasteiger partial charge in [-0.3, -0.25) is 4.79 Å². The van der Waals surface area contributed by atoms with E-state index in [0.29, 0.717) is 6.42 Å². The number of ketones is 1. The third-order valence-corrected chi connectivity index (χ3v) is 4.13. The molecule has 0 fully saturated rings. The summed E-state index contributed by atoms with van der Waals surface area (Å²) < 4.78 is 0. The number of anilines is 1. The molecule has 0 amide bonds. The lowest BCUT2D eigenvalue weighted by molar-refractivity contribution is -0.122. The van der Waals surface area contributed by atoms with E-state index in [4.69, 9.17) is 5.73 Å². The highest BCUT2D eigenvalue weighted by atomic mass is 16.1. The Bertz CT molecular complexity index is 609. The Morgan fingerprint density at radius 2 is 1.48 bits per heavy atom. The van der Waals surface area contributed by atoms with Crippen LogP contribution >= 0.6 is 0 Å².